The first-order valence-corrected chi connectivity index (χ1v) is 6.07. The summed E-state index contributed by atoms with van der Waals surface area (Å²) in [4.78, 5) is 11.3. The molecule has 1 aromatic rings. The first-order chi connectivity index (χ1) is 7.70. The van der Waals surface area contributed by atoms with Crippen molar-refractivity contribution in [3.63, 3.8) is 0 Å². The molecule has 0 aromatic heterocycles. The number of halogens is 1. The molecule has 1 aromatic carbocycles. The normalized spacial score (nSPS) is 17.0. The van der Waals surface area contributed by atoms with Crippen LogP contribution in [0.3, 0.4) is 0 Å². The molecule has 0 bridgehead atoms. The summed E-state index contributed by atoms with van der Waals surface area (Å²) < 4.78 is 5.72. The van der Waals surface area contributed by atoms with Gasteiger partial charge in [0.05, 0.1) is 7.11 Å². The van der Waals surface area contributed by atoms with Crippen LogP contribution in [0.4, 0.5) is 0 Å². The lowest BCUT2D eigenvalue weighted by atomic mass is 9.87. The molecule has 1 aliphatic rings. The maximum Gasteiger partial charge on any atom is 0.330 e. The van der Waals surface area contributed by atoms with E-state index in [-0.39, 0.29) is 5.97 Å². The van der Waals surface area contributed by atoms with E-state index in [1.807, 2.05) is 6.07 Å². The monoisotopic (exact) mass is 280 g/mol. The van der Waals surface area contributed by atoms with Crippen LogP contribution in [0.15, 0.2) is 28.7 Å². The van der Waals surface area contributed by atoms with Gasteiger partial charge in [0.15, 0.2) is 0 Å². The quantitative estimate of drug-likeness (QED) is 0.583. The predicted molar refractivity (Wildman–Crippen MR) is 67.1 cm³/mol. The smallest absolute Gasteiger partial charge is 0.330 e. The van der Waals surface area contributed by atoms with Gasteiger partial charge in [-0.25, -0.2) is 4.79 Å². The van der Waals surface area contributed by atoms with Crippen LogP contribution in [0, 0.1) is 0 Å². The summed E-state index contributed by atoms with van der Waals surface area (Å²) >= 11 is 3.46. The van der Waals surface area contributed by atoms with Crippen molar-refractivity contribution in [1.82, 2.24) is 0 Å². The molecule has 16 heavy (non-hydrogen) atoms. The Kier molecular flexibility index (Phi) is 3.44. The fourth-order valence-electron chi connectivity index (χ4n) is 2.02. The van der Waals surface area contributed by atoms with E-state index in [9.17, 15) is 4.79 Å². The average Bonchev–Trinajstić information content (AvgIpc) is 2.29. The van der Waals surface area contributed by atoms with E-state index >= 15 is 0 Å². The number of aryl methyl sites for hydroxylation is 1. The number of esters is 1. The molecule has 0 amide bonds. The van der Waals surface area contributed by atoms with E-state index in [1.54, 1.807) is 6.08 Å². The van der Waals surface area contributed by atoms with E-state index in [2.05, 4.69) is 32.8 Å². The highest BCUT2D eigenvalue weighted by molar-refractivity contribution is 9.10. The molecule has 3 heteroatoms. The standard InChI is InChI=1S/C13H13BrO2/c1-16-13(15)7-10-4-2-3-9-5-6-11(14)8-12(9)10/h5-8H,2-4H2,1H3/b10-7-. The van der Waals surface area contributed by atoms with E-state index in [0.717, 1.165) is 29.3 Å². The van der Waals surface area contributed by atoms with E-state index in [1.165, 1.54) is 18.2 Å². The third kappa shape index (κ3) is 2.35. The van der Waals surface area contributed by atoms with Gasteiger partial charge in [-0.1, -0.05) is 22.0 Å². The fraction of sp³-hybridized carbons (Fsp3) is 0.308. The van der Waals surface area contributed by atoms with Crippen LogP contribution in [0.5, 0.6) is 0 Å². The second kappa shape index (κ2) is 4.83. The number of benzene rings is 1. The van der Waals surface area contributed by atoms with E-state index in [0.29, 0.717) is 0 Å². The van der Waals surface area contributed by atoms with Crippen LogP contribution in [0.1, 0.15) is 24.0 Å². The number of allylic oxidation sites excluding steroid dienone is 1. The van der Waals surface area contributed by atoms with Crippen LogP contribution in [0.25, 0.3) is 5.57 Å². The fourth-order valence-corrected chi connectivity index (χ4v) is 2.38. The third-order valence-corrected chi connectivity index (χ3v) is 3.30. The third-order valence-electron chi connectivity index (χ3n) is 2.80. The summed E-state index contributed by atoms with van der Waals surface area (Å²) in [7, 11) is 1.41. The van der Waals surface area contributed by atoms with Gasteiger partial charge in [0.2, 0.25) is 0 Å². The van der Waals surface area contributed by atoms with Crippen LogP contribution in [-0.4, -0.2) is 13.1 Å². The summed E-state index contributed by atoms with van der Waals surface area (Å²) in [6, 6.07) is 6.23. The van der Waals surface area contributed by atoms with Crippen molar-refractivity contribution in [1.29, 1.82) is 0 Å². The lowest BCUT2D eigenvalue weighted by Crippen LogP contribution is -2.04. The van der Waals surface area contributed by atoms with Gasteiger partial charge in [0.1, 0.15) is 0 Å². The van der Waals surface area contributed by atoms with Crippen molar-refractivity contribution < 1.29 is 9.53 Å². The van der Waals surface area contributed by atoms with Crippen LogP contribution in [-0.2, 0) is 16.0 Å². The second-order valence-corrected chi connectivity index (χ2v) is 4.76. The number of carbonyl (C=O) groups is 1. The van der Waals surface area contributed by atoms with Crippen LogP contribution >= 0.6 is 15.9 Å². The first-order valence-electron chi connectivity index (χ1n) is 5.28. The van der Waals surface area contributed by atoms with Gasteiger partial charge in [0, 0.05) is 10.5 Å². The first kappa shape index (κ1) is 11.4. The topological polar surface area (TPSA) is 26.3 Å². The summed E-state index contributed by atoms with van der Waals surface area (Å²) in [5.41, 5.74) is 3.56. The molecule has 0 unspecified atom stereocenters. The lowest BCUT2D eigenvalue weighted by Gasteiger charge is -2.18. The van der Waals surface area contributed by atoms with Gasteiger partial charge in [-0.15, -0.1) is 0 Å². The Labute approximate surface area is 103 Å². The molecule has 0 atom stereocenters. The largest absolute Gasteiger partial charge is 0.466 e. The Morgan fingerprint density at radius 1 is 1.44 bits per heavy atom. The van der Waals surface area contributed by atoms with Crippen LogP contribution < -0.4 is 0 Å². The number of fused-ring (bicyclic) bond motifs is 1. The predicted octanol–water partition coefficient (Wildman–Crippen LogP) is 3.34. The van der Waals surface area contributed by atoms with Crippen molar-refractivity contribution in [3.8, 4) is 0 Å². The minimum Gasteiger partial charge on any atom is -0.466 e. The average molecular weight is 281 g/mol. The zero-order chi connectivity index (χ0) is 11.5. The SMILES string of the molecule is COC(=O)/C=C1/CCCc2ccc(Br)cc21. The molecule has 0 saturated heterocycles. The minimum absolute atomic E-state index is 0.275. The summed E-state index contributed by atoms with van der Waals surface area (Å²) in [5, 5.41) is 0. The Morgan fingerprint density at radius 2 is 2.25 bits per heavy atom. The maximum absolute atomic E-state index is 11.3. The molecule has 2 rings (SSSR count). The number of methoxy groups -OCH3 is 1. The number of ether oxygens (including phenoxy) is 1. The summed E-state index contributed by atoms with van der Waals surface area (Å²) in [6.45, 7) is 0. The molecule has 1 aliphatic carbocycles. The Morgan fingerprint density at radius 3 is 3.00 bits per heavy atom. The van der Waals surface area contributed by atoms with Gasteiger partial charge in [0.25, 0.3) is 0 Å². The molecule has 2 nitrogen and oxygen atoms in total. The number of hydrogen-bond acceptors (Lipinski definition) is 2. The molecule has 0 N–H and O–H groups in total. The zero-order valence-corrected chi connectivity index (χ0v) is 10.7. The number of hydrogen-bond donors (Lipinski definition) is 0. The molecular weight excluding hydrogens is 268 g/mol. The van der Waals surface area contributed by atoms with E-state index < -0.39 is 0 Å². The van der Waals surface area contributed by atoms with Crippen molar-refractivity contribution in [2.75, 3.05) is 7.11 Å². The Hall–Kier alpha value is -1.09. The second-order valence-electron chi connectivity index (χ2n) is 3.85. The highest BCUT2D eigenvalue weighted by atomic mass is 79.9. The van der Waals surface area contributed by atoms with Crippen molar-refractivity contribution in [2.24, 2.45) is 0 Å². The number of rotatable bonds is 1. The number of carbonyl (C=O) groups excluding carboxylic acids is 1. The molecule has 0 aliphatic heterocycles. The lowest BCUT2D eigenvalue weighted by molar-refractivity contribution is -0.134. The van der Waals surface area contributed by atoms with Gasteiger partial charge >= 0.3 is 5.97 Å². The van der Waals surface area contributed by atoms with Crippen LogP contribution in [0.2, 0.25) is 0 Å². The van der Waals surface area contributed by atoms with Gasteiger partial charge in [-0.3, -0.25) is 0 Å². The maximum atomic E-state index is 11.3. The van der Waals surface area contributed by atoms with Crippen molar-refractivity contribution in [3.05, 3.63) is 39.9 Å². The zero-order valence-electron chi connectivity index (χ0n) is 9.13. The van der Waals surface area contributed by atoms with Gasteiger partial charge in [-0.05, 0) is 48.1 Å². The van der Waals surface area contributed by atoms with Crippen molar-refractivity contribution >= 4 is 27.5 Å². The highest BCUT2D eigenvalue weighted by Crippen LogP contribution is 2.32. The van der Waals surface area contributed by atoms with Crippen molar-refractivity contribution in [2.45, 2.75) is 19.3 Å². The molecule has 0 radical (unpaired) electrons. The molecule has 0 saturated carbocycles. The van der Waals surface area contributed by atoms with Gasteiger partial charge in [-0.2, -0.15) is 0 Å². The molecular formula is C13H13BrO2. The molecule has 84 valence electrons. The molecule has 0 heterocycles. The van der Waals surface area contributed by atoms with E-state index in [4.69, 9.17) is 0 Å². The summed E-state index contributed by atoms with van der Waals surface area (Å²) in [5.74, 6) is -0.275. The molecule has 0 fully saturated rings. The minimum atomic E-state index is -0.275. The Bertz CT molecular complexity index is 449. The van der Waals surface area contributed by atoms with Gasteiger partial charge < -0.3 is 4.74 Å². The summed E-state index contributed by atoms with van der Waals surface area (Å²) in [6.07, 6.45) is 4.72. The molecule has 0 spiro atoms. The highest BCUT2D eigenvalue weighted by Gasteiger charge is 2.15. The Balaban J connectivity index is 2.43.